The number of halogens is 1. The van der Waals surface area contributed by atoms with Crippen molar-refractivity contribution in [3.63, 3.8) is 0 Å². The van der Waals surface area contributed by atoms with Crippen LogP contribution in [0, 0.1) is 12.7 Å². The second kappa shape index (κ2) is 7.90. The summed E-state index contributed by atoms with van der Waals surface area (Å²) in [6, 6.07) is 12.2. The van der Waals surface area contributed by atoms with E-state index in [0.717, 1.165) is 22.5 Å². The normalized spacial score (nSPS) is 22.1. The lowest BCUT2D eigenvalue weighted by Gasteiger charge is -2.44. The lowest BCUT2D eigenvalue weighted by molar-refractivity contribution is -0.118. The summed E-state index contributed by atoms with van der Waals surface area (Å²) in [6.07, 6.45) is 5.64. The first-order valence-electron chi connectivity index (χ1n) is 11.1. The fourth-order valence-electron chi connectivity index (χ4n) is 4.36. The maximum absolute atomic E-state index is 13.5. The molecule has 2 aliphatic rings. The van der Waals surface area contributed by atoms with Crippen LogP contribution in [0.1, 0.15) is 37.6 Å². The van der Waals surface area contributed by atoms with Crippen LogP contribution < -0.4 is 4.74 Å². The smallest absolute Gasteiger partial charge is 0.234 e. The fourth-order valence-corrected chi connectivity index (χ4v) is 4.36. The number of morpholine rings is 1. The van der Waals surface area contributed by atoms with Crippen LogP contribution in [0.15, 0.2) is 65.9 Å². The van der Waals surface area contributed by atoms with Crippen LogP contribution in [0.4, 0.5) is 4.39 Å². The highest BCUT2D eigenvalue weighted by Crippen LogP contribution is 2.42. The molecule has 2 aliphatic heterocycles. The van der Waals surface area contributed by atoms with Gasteiger partial charge in [0, 0.05) is 18.7 Å². The molecule has 1 unspecified atom stereocenters. The summed E-state index contributed by atoms with van der Waals surface area (Å²) in [5.74, 6) is 1.60. The molecule has 0 N–H and O–H groups in total. The number of amidine groups is 1. The zero-order valence-electron chi connectivity index (χ0n) is 19.9. The van der Waals surface area contributed by atoms with Gasteiger partial charge < -0.3 is 23.8 Å². The summed E-state index contributed by atoms with van der Waals surface area (Å²) in [5, 5.41) is 4.38. The third-order valence-corrected chi connectivity index (χ3v) is 6.10. The number of hydrogen-bond donors (Lipinski definition) is 0. The topological polar surface area (TPSA) is 61.1 Å². The van der Waals surface area contributed by atoms with Crippen LogP contribution >= 0.6 is 0 Å². The Morgan fingerprint density at radius 2 is 1.88 bits per heavy atom. The third kappa shape index (κ3) is 3.79. The summed E-state index contributed by atoms with van der Waals surface area (Å²) >= 11 is 0. The van der Waals surface area contributed by atoms with E-state index < -0.39 is 11.3 Å². The van der Waals surface area contributed by atoms with E-state index in [4.69, 9.17) is 14.3 Å². The number of fused-ring (bicyclic) bond motifs is 1. The van der Waals surface area contributed by atoms with Crippen molar-refractivity contribution in [1.82, 2.24) is 14.5 Å². The molecule has 8 heteroatoms. The molecule has 3 aromatic rings. The van der Waals surface area contributed by atoms with Gasteiger partial charge in [0.2, 0.25) is 11.6 Å². The molecule has 34 heavy (non-hydrogen) atoms. The number of methoxy groups -OCH3 is 1. The first-order valence-corrected chi connectivity index (χ1v) is 11.1. The van der Waals surface area contributed by atoms with Gasteiger partial charge in [-0.25, -0.2) is 9.37 Å². The molecular weight excluding hydrogens is 435 g/mol. The van der Waals surface area contributed by atoms with Gasteiger partial charge in [-0.1, -0.05) is 23.4 Å². The van der Waals surface area contributed by atoms with Crippen LogP contribution in [-0.2, 0) is 15.3 Å². The molecular formula is C26H27FN4O3. The Labute approximate surface area is 198 Å². The van der Waals surface area contributed by atoms with Gasteiger partial charge in [0.15, 0.2) is 5.76 Å². The third-order valence-electron chi connectivity index (χ3n) is 6.10. The molecule has 1 atom stereocenters. The number of rotatable bonds is 4. The van der Waals surface area contributed by atoms with E-state index in [-0.39, 0.29) is 5.82 Å². The minimum atomic E-state index is -0.871. The van der Waals surface area contributed by atoms with Gasteiger partial charge in [-0.05, 0) is 56.7 Å². The molecule has 0 saturated carbocycles. The van der Waals surface area contributed by atoms with Crippen LogP contribution in [0.25, 0.3) is 11.8 Å². The molecule has 1 aromatic heterocycles. The fraction of sp³-hybridized carbons (Fsp3) is 0.308. The van der Waals surface area contributed by atoms with Gasteiger partial charge in [0.25, 0.3) is 0 Å². The van der Waals surface area contributed by atoms with Crippen molar-refractivity contribution in [2.75, 3.05) is 13.7 Å². The largest absolute Gasteiger partial charge is 0.495 e. The van der Waals surface area contributed by atoms with E-state index >= 15 is 0 Å². The number of hydrogen-bond acceptors (Lipinski definition) is 6. The van der Waals surface area contributed by atoms with Gasteiger partial charge in [-0.15, -0.1) is 0 Å². The monoisotopic (exact) mass is 462 g/mol. The molecule has 1 fully saturated rings. The Morgan fingerprint density at radius 3 is 2.56 bits per heavy atom. The van der Waals surface area contributed by atoms with Gasteiger partial charge in [-0.3, -0.25) is 0 Å². The average molecular weight is 463 g/mol. The molecule has 0 amide bonds. The SMILES string of the molecule is COc1cc(C=C2OC(C)(C)CN3C2=NOC3(C)c2ccc(F)cc2)ccc1-n1cnc(C)c1. The summed E-state index contributed by atoms with van der Waals surface area (Å²) in [6.45, 7) is 8.47. The summed E-state index contributed by atoms with van der Waals surface area (Å²) in [7, 11) is 1.64. The molecule has 7 nitrogen and oxygen atoms in total. The molecule has 5 rings (SSSR count). The lowest BCUT2D eigenvalue weighted by atomic mass is 9.97. The Morgan fingerprint density at radius 1 is 1.12 bits per heavy atom. The zero-order chi connectivity index (χ0) is 24.1. The molecule has 2 aromatic carbocycles. The van der Waals surface area contributed by atoms with Crippen molar-refractivity contribution >= 4 is 11.9 Å². The maximum Gasteiger partial charge on any atom is 0.234 e. The summed E-state index contributed by atoms with van der Waals surface area (Å²) in [4.78, 5) is 12.3. The quantitative estimate of drug-likeness (QED) is 0.546. The van der Waals surface area contributed by atoms with Crippen molar-refractivity contribution in [2.45, 2.75) is 39.0 Å². The first kappa shape index (κ1) is 22.0. The van der Waals surface area contributed by atoms with E-state index in [1.54, 1.807) is 25.6 Å². The van der Waals surface area contributed by atoms with E-state index in [0.29, 0.717) is 23.9 Å². The minimum Gasteiger partial charge on any atom is -0.495 e. The predicted molar refractivity (Wildman–Crippen MR) is 127 cm³/mol. The second-order valence-electron chi connectivity index (χ2n) is 9.31. The van der Waals surface area contributed by atoms with Gasteiger partial charge in [0.05, 0.1) is 31.4 Å². The highest BCUT2D eigenvalue weighted by molar-refractivity contribution is 6.01. The van der Waals surface area contributed by atoms with E-state index in [2.05, 4.69) is 15.0 Å². The molecule has 0 spiro atoms. The first-order chi connectivity index (χ1) is 16.2. The summed E-state index contributed by atoms with van der Waals surface area (Å²) in [5.41, 5.74) is 2.15. The molecule has 176 valence electrons. The van der Waals surface area contributed by atoms with E-state index in [1.807, 2.05) is 62.7 Å². The van der Waals surface area contributed by atoms with Crippen LogP contribution in [-0.4, -0.2) is 39.5 Å². The summed E-state index contributed by atoms with van der Waals surface area (Å²) < 4.78 is 27.4. The Balaban J connectivity index is 1.51. The maximum atomic E-state index is 13.5. The zero-order valence-corrected chi connectivity index (χ0v) is 19.9. The molecule has 0 bridgehead atoms. The van der Waals surface area contributed by atoms with Crippen molar-refractivity contribution in [3.8, 4) is 11.4 Å². The number of imidazole rings is 1. The van der Waals surface area contributed by atoms with Gasteiger partial charge in [-0.2, -0.15) is 0 Å². The van der Waals surface area contributed by atoms with Crippen molar-refractivity contribution < 1.29 is 18.7 Å². The number of aromatic nitrogens is 2. The molecule has 0 aliphatic carbocycles. The van der Waals surface area contributed by atoms with Crippen molar-refractivity contribution in [1.29, 1.82) is 0 Å². The highest BCUT2D eigenvalue weighted by atomic mass is 19.1. The van der Waals surface area contributed by atoms with Crippen LogP contribution in [0.5, 0.6) is 5.75 Å². The minimum absolute atomic E-state index is 0.294. The standard InChI is InChI=1S/C26H27FN4O3/c1-17-14-30(16-28-17)21-11-6-18(12-22(21)32-5)13-23-24-29-34-26(4,19-7-9-20(27)10-8-19)31(24)15-25(2,3)33-23/h6-14,16H,15H2,1-5H3. The highest BCUT2D eigenvalue weighted by Gasteiger charge is 2.50. The average Bonchev–Trinajstić information content (AvgIpc) is 3.37. The van der Waals surface area contributed by atoms with Crippen LogP contribution in [0.2, 0.25) is 0 Å². The Kier molecular flexibility index (Phi) is 5.11. The Bertz CT molecular complexity index is 1300. The number of aryl methyl sites for hydroxylation is 1. The second-order valence-corrected chi connectivity index (χ2v) is 9.31. The molecule has 1 saturated heterocycles. The van der Waals surface area contributed by atoms with E-state index in [1.165, 1.54) is 12.1 Å². The van der Waals surface area contributed by atoms with Crippen LogP contribution in [0.3, 0.4) is 0 Å². The number of benzene rings is 2. The number of nitrogens with zero attached hydrogens (tertiary/aromatic N) is 4. The van der Waals surface area contributed by atoms with Crippen molar-refractivity contribution in [3.05, 3.63) is 83.4 Å². The number of oxime groups is 1. The van der Waals surface area contributed by atoms with Crippen molar-refractivity contribution in [2.24, 2.45) is 5.16 Å². The predicted octanol–water partition coefficient (Wildman–Crippen LogP) is 5.00. The van der Waals surface area contributed by atoms with E-state index in [9.17, 15) is 4.39 Å². The molecule has 0 radical (unpaired) electrons. The number of ether oxygens (including phenoxy) is 2. The van der Waals surface area contributed by atoms with Gasteiger partial charge >= 0.3 is 0 Å². The lowest BCUT2D eigenvalue weighted by Crippen LogP contribution is -2.55. The van der Waals surface area contributed by atoms with Gasteiger partial charge in [0.1, 0.15) is 17.2 Å². The Hall–Kier alpha value is -3.81. The molecule has 3 heterocycles.